The molecule has 164 valence electrons. The van der Waals surface area contributed by atoms with Gasteiger partial charge < -0.3 is 4.74 Å². The third-order valence-electron chi connectivity index (χ3n) is 6.59. The Hall–Kier alpha value is -2.91. The largest absolute Gasteiger partial charge is 0.494 e. The first-order valence-corrected chi connectivity index (χ1v) is 12.1. The van der Waals surface area contributed by atoms with Crippen LogP contribution in [-0.4, -0.2) is 29.6 Å². The predicted molar refractivity (Wildman–Crippen MR) is 134 cm³/mol. The van der Waals surface area contributed by atoms with Crippen molar-refractivity contribution in [3.8, 4) is 17.0 Å². The van der Waals surface area contributed by atoms with E-state index in [0.717, 1.165) is 62.5 Å². The zero-order valence-electron chi connectivity index (χ0n) is 19.2. The van der Waals surface area contributed by atoms with Crippen LogP contribution in [0.25, 0.3) is 32.9 Å². The zero-order valence-corrected chi connectivity index (χ0v) is 19.2. The second kappa shape index (κ2) is 9.30. The van der Waals surface area contributed by atoms with Gasteiger partial charge in [-0.3, -0.25) is 4.90 Å². The summed E-state index contributed by atoms with van der Waals surface area (Å²) in [6.07, 6.45) is 4.49. The Kier molecular flexibility index (Phi) is 6.09. The molecule has 0 N–H and O–H groups in total. The average Bonchev–Trinajstić information content (AvgIpc) is 2.84. The van der Waals surface area contributed by atoms with Crippen LogP contribution in [0.3, 0.4) is 0 Å². The molecule has 32 heavy (non-hydrogen) atoms. The summed E-state index contributed by atoms with van der Waals surface area (Å²) in [5.74, 6) is 0.940. The Morgan fingerprint density at radius 3 is 2.56 bits per heavy atom. The molecule has 0 spiro atoms. The highest BCUT2D eigenvalue weighted by molar-refractivity contribution is 6.09. The highest BCUT2D eigenvalue weighted by Crippen LogP contribution is 2.37. The minimum Gasteiger partial charge on any atom is -0.494 e. The molecule has 0 aliphatic carbocycles. The lowest BCUT2D eigenvalue weighted by molar-refractivity contribution is 0.255. The fourth-order valence-electron chi connectivity index (χ4n) is 4.96. The Labute approximate surface area is 191 Å². The second-order valence-corrected chi connectivity index (χ2v) is 8.85. The van der Waals surface area contributed by atoms with E-state index < -0.39 is 0 Å². The Balaban J connectivity index is 1.64. The van der Waals surface area contributed by atoms with E-state index in [-0.39, 0.29) is 0 Å². The molecule has 0 saturated carbocycles. The van der Waals surface area contributed by atoms with Crippen LogP contribution in [-0.2, 0) is 13.0 Å². The molecule has 0 amide bonds. The highest BCUT2D eigenvalue weighted by Gasteiger charge is 2.24. The molecule has 0 fully saturated rings. The van der Waals surface area contributed by atoms with Crippen molar-refractivity contribution in [1.29, 1.82) is 0 Å². The van der Waals surface area contributed by atoms with Gasteiger partial charge >= 0.3 is 0 Å². The van der Waals surface area contributed by atoms with Gasteiger partial charge in [-0.2, -0.15) is 0 Å². The van der Waals surface area contributed by atoms with E-state index in [1.807, 2.05) is 0 Å². The summed E-state index contributed by atoms with van der Waals surface area (Å²) in [6, 6.07) is 21.7. The van der Waals surface area contributed by atoms with E-state index in [4.69, 9.17) is 9.72 Å². The van der Waals surface area contributed by atoms with Crippen LogP contribution in [0.1, 0.15) is 44.2 Å². The monoisotopic (exact) mass is 424 g/mol. The fraction of sp³-hybridized carbons (Fsp3) is 0.345. The number of hydrogen-bond acceptors (Lipinski definition) is 3. The van der Waals surface area contributed by atoms with Gasteiger partial charge in [-0.05, 0) is 78.0 Å². The highest BCUT2D eigenvalue weighted by atomic mass is 16.5. The van der Waals surface area contributed by atoms with Gasteiger partial charge in [-0.15, -0.1) is 0 Å². The smallest absolute Gasteiger partial charge is 0.119 e. The number of nitrogens with zero attached hydrogens (tertiary/aromatic N) is 2. The first-order chi connectivity index (χ1) is 15.8. The Morgan fingerprint density at radius 1 is 0.906 bits per heavy atom. The first kappa shape index (κ1) is 21.0. The molecule has 0 unspecified atom stereocenters. The molecule has 3 nitrogen and oxygen atoms in total. The van der Waals surface area contributed by atoms with E-state index in [0.29, 0.717) is 0 Å². The van der Waals surface area contributed by atoms with Gasteiger partial charge in [0.15, 0.2) is 0 Å². The normalized spacial score (nSPS) is 14.1. The molecule has 4 aromatic rings. The summed E-state index contributed by atoms with van der Waals surface area (Å²) in [7, 11) is 0. The predicted octanol–water partition coefficient (Wildman–Crippen LogP) is 7.00. The molecule has 0 saturated heterocycles. The van der Waals surface area contributed by atoms with Gasteiger partial charge in [0, 0.05) is 24.0 Å². The maximum atomic E-state index is 5.89. The number of unbranched alkanes of at least 4 members (excludes halogenated alkanes) is 1. The van der Waals surface area contributed by atoms with Gasteiger partial charge in [-0.1, -0.05) is 50.6 Å². The molecule has 5 rings (SSSR count). The van der Waals surface area contributed by atoms with Crippen molar-refractivity contribution >= 4 is 21.7 Å². The summed E-state index contributed by atoms with van der Waals surface area (Å²) in [4.78, 5) is 7.82. The van der Waals surface area contributed by atoms with Crippen molar-refractivity contribution in [3.05, 3.63) is 71.8 Å². The number of hydrogen-bond donors (Lipinski definition) is 0. The lowest BCUT2D eigenvalue weighted by Gasteiger charge is -2.31. The summed E-state index contributed by atoms with van der Waals surface area (Å²) in [5, 5.41) is 3.96. The fourth-order valence-corrected chi connectivity index (χ4v) is 4.96. The summed E-state index contributed by atoms with van der Waals surface area (Å²) < 4.78 is 5.89. The molecule has 3 heteroatoms. The standard InChI is InChI=1S/C29H32N2O/c1-3-5-19-32-23-13-10-22(11-14-23)29-26-20-31(17-4-2)18-16-25(26)28-24-9-7-6-8-21(24)12-15-27(28)30-29/h6-15H,3-5,16-20H2,1-2H3. The zero-order chi connectivity index (χ0) is 21.9. The maximum Gasteiger partial charge on any atom is 0.119 e. The second-order valence-electron chi connectivity index (χ2n) is 8.85. The van der Waals surface area contributed by atoms with E-state index >= 15 is 0 Å². The van der Waals surface area contributed by atoms with Crippen molar-refractivity contribution in [2.45, 2.75) is 46.1 Å². The number of aromatic nitrogens is 1. The van der Waals surface area contributed by atoms with Gasteiger partial charge in [0.05, 0.1) is 17.8 Å². The average molecular weight is 425 g/mol. The lowest BCUT2D eigenvalue weighted by Crippen LogP contribution is -2.32. The van der Waals surface area contributed by atoms with Crippen LogP contribution in [0.2, 0.25) is 0 Å². The van der Waals surface area contributed by atoms with E-state index in [1.165, 1.54) is 39.3 Å². The maximum absolute atomic E-state index is 5.89. The first-order valence-electron chi connectivity index (χ1n) is 12.1. The lowest BCUT2D eigenvalue weighted by atomic mass is 9.89. The van der Waals surface area contributed by atoms with Gasteiger partial charge in [0.25, 0.3) is 0 Å². The minimum atomic E-state index is 0.776. The summed E-state index contributed by atoms with van der Waals surface area (Å²) >= 11 is 0. The molecule has 2 heterocycles. The molecular formula is C29H32N2O. The third-order valence-corrected chi connectivity index (χ3v) is 6.59. The number of fused-ring (bicyclic) bond motifs is 5. The quantitative estimate of drug-likeness (QED) is 0.236. The SMILES string of the molecule is CCCCOc1ccc(-c2nc3ccc4ccccc4c3c3c2CN(CCC)CC3)cc1. The summed E-state index contributed by atoms with van der Waals surface area (Å²) in [6.45, 7) is 8.45. The molecule has 1 aliphatic heterocycles. The van der Waals surface area contributed by atoms with Gasteiger partial charge in [0.1, 0.15) is 5.75 Å². The number of pyridine rings is 1. The molecule has 0 atom stereocenters. The van der Waals surface area contributed by atoms with Crippen molar-refractivity contribution < 1.29 is 4.74 Å². The van der Waals surface area contributed by atoms with E-state index in [9.17, 15) is 0 Å². The van der Waals surface area contributed by atoms with Crippen LogP contribution < -0.4 is 4.74 Å². The topological polar surface area (TPSA) is 25.4 Å². The van der Waals surface area contributed by atoms with Crippen molar-refractivity contribution in [2.75, 3.05) is 19.7 Å². The molecule has 3 aromatic carbocycles. The van der Waals surface area contributed by atoms with E-state index in [2.05, 4.69) is 79.4 Å². The number of ether oxygens (including phenoxy) is 1. The van der Waals surface area contributed by atoms with Crippen LogP contribution in [0.15, 0.2) is 60.7 Å². The Bertz CT molecular complexity index is 1230. The molecular weight excluding hydrogens is 392 g/mol. The van der Waals surface area contributed by atoms with Crippen LogP contribution in [0.4, 0.5) is 0 Å². The van der Waals surface area contributed by atoms with Crippen LogP contribution in [0, 0.1) is 0 Å². The van der Waals surface area contributed by atoms with Crippen molar-refractivity contribution in [3.63, 3.8) is 0 Å². The van der Waals surface area contributed by atoms with Crippen LogP contribution >= 0.6 is 0 Å². The third kappa shape index (κ3) is 3.98. The summed E-state index contributed by atoms with van der Waals surface area (Å²) in [5.41, 5.74) is 6.29. The van der Waals surface area contributed by atoms with Crippen molar-refractivity contribution in [2.24, 2.45) is 0 Å². The Morgan fingerprint density at radius 2 is 1.75 bits per heavy atom. The van der Waals surface area contributed by atoms with Crippen LogP contribution in [0.5, 0.6) is 5.75 Å². The molecule has 1 aromatic heterocycles. The number of benzene rings is 3. The van der Waals surface area contributed by atoms with Crippen molar-refractivity contribution in [1.82, 2.24) is 9.88 Å². The van der Waals surface area contributed by atoms with Gasteiger partial charge in [-0.25, -0.2) is 4.98 Å². The van der Waals surface area contributed by atoms with Gasteiger partial charge in [0.2, 0.25) is 0 Å². The van der Waals surface area contributed by atoms with E-state index in [1.54, 1.807) is 0 Å². The number of rotatable bonds is 7. The molecule has 0 bridgehead atoms. The molecule has 0 radical (unpaired) electrons. The molecule has 1 aliphatic rings. The minimum absolute atomic E-state index is 0.776.